The van der Waals surface area contributed by atoms with Gasteiger partial charge in [0.2, 0.25) is 0 Å². The summed E-state index contributed by atoms with van der Waals surface area (Å²) in [6.07, 6.45) is 4.66. The van der Waals surface area contributed by atoms with E-state index < -0.39 is 6.10 Å². The van der Waals surface area contributed by atoms with E-state index in [2.05, 4.69) is 5.32 Å². The van der Waals surface area contributed by atoms with E-state index in [1.807, 2.05) is 25.1 Å². The average molecular weight is 279 g/mol. The molecule has 1 aliphatic rings. The van der Waals surface area contributed by atoms with E-state index in [0.717, 1.165) is 29.8 Å². The molecule has 4 nitrogen and oxygen atoms in total. The third-order valence-corrected chi connectivity index (χ3v) is 3.76. The molecule has 1 unspecified atom stereocenters. The second-order valence-corrected chi connectivity index (χ2v) is 5.46. The summed E-state index contributed by atoms with van der Waals surface area (Å²) in [4.78, 5) is 0. The van der Waals surface area contributed by atoms with Gasteiger partial charge in [-0.1, -0.05) is 12.8 Å². The van der Waals surface area contributed by atoms with Gasteiger partial charge in [-0.05, 0) is 43.5 Å². The zero-order valence-corrected chi connectivity index (χ0v) is 12.4. The number of ether oxygens (including phenoxy) is 2. The molecule has 4 heteroatoms. The molecule has 0 saturated heterocycles. The lowest BCUT2D eigenvalue weighted by atomic mass is 10.2. The Labute approximate surface area is 121 Å². The van der Waals surface area contributed by atoms with E-state index in [1.54, 1.807) is 7.11 Å². The van der Waals surface area contributed by atoms with Gasteiger partial charge in [0.1, 0.15) is 5.75 Å². The van der Waals surface area contributed by atoms with Crippen LogP contribution in [0.2, 0.25) is 0 Å². The number of aliphatic hydroxyl groups excluding tert-OH is 1. The zero-order valence-electron chi connectivity index (χ0n) is 12.4. The molecule has 1 aromatic carbocycles. The van der Waals surface area contributed by atoms with Gasteiger partial charge in [-0.3, -0.25) is 0 Å². The Morgan fingerprint density at radius 1 is 1.35 bits per heavy atom. The third-order valence-electron chi connectivity index (χ3n) is 3.76. The normalized spacial score (nSPS) is 17.1. The highest BCUT2D eigenvalue weighted by Crippen LogP contribution is 2.22. The molecule has 2 N–H and O–H groups in total. The van der Waals surface area contributed by atoms with Gasteiger partial charge in [0.05, 0.1) is 25.9 Å². The molecule has 0 spiro atoms. The predicted molar refractivity (Wildman–Crippen MR) is 80.4 cm³/mol. The van der Waals surface area contributed by atoms with E-state index >= 15 is 0 Å². The fraction of sp³-hybridized carbons (Fsp3) is 0.625. The molecular formula is C16H25NO3. The maximum Gasteiger partial charge on any atom is 0.121 e. The van der Waals surface area contributed by atoms with E-state index in [-0.39, 0.29) is 0 Å². The molecule has 1 atom stereocenters. The molecule has 112 valence electrons. The molecule has 0 aromatic heterocycles. The van der Waals surface area contributed by atoms with Crippen molar-refractivity contribution in [1.82, 2.24) is 0 Å². The predicted octanol–water partition coefficient (Wildman–Crippen LogP) is 2.74. The molecule has 2 rings (SSSR count). The van der Waals surface area contributed by atoms with Crippen LogP contribution in [0.25, 0.3) is 0 Å². The van der Waals surface area contributed by atoms with Crippen molar-refractivity contribution in [1.29, 1.82) is 0 Å². The SMILES string of the molecule is COc1ccc(NCC(O)COC2CCCC2)cc1C. The van der Waals surface area contributed by atoms with Crippen molar-refractivity contribution in [3.63, 3.8) is 0 Å². The summed E-state index contributed by atoms with van der Waals surface area (Å²) in [6, 6.07) is 5.90. The fourth-order valence-electron chi connectivity index (χ4n) is 2.59. The number of methoxy groups -OCH3 is 1. The van der Waals surface area contributed by atoms with Crippen LogP contribution in [0.1, 0.15) is 31.2 Å². The van der Waals surface area contributed by atoms with Gasteiger partial charge >= 0.3 is 0 Å². The lowest BCUT2D eigenvalue weighted by Crippen LogP contribution is -2.27. The number of benzene rings is 1. The number of hydrogen-bond donors (Lipinski definition) is 2. The van der Waals surface area contributed by atoms with Gasteiger partial charge in [-0.25, -0.2) is 0 Å². The molecule has 0 heterocycles. The lowest BCUT2D eigenvalue weighted by Gasteiger charge is -2.17. The van der Waals surface area contributed by atoms with Crippen LogP contribution in [-0.4, -0.2) is 37.6 Å². The number of hydrogen-bond acceptors (Lipinski definition) is 4. The van der Waals surface area contributed by atoms with Crippen LogP contribution in [0.3, 0.4) is 0 Å². The van der Waals surface area contributed by atoms with E-state index in [9.17, 15) is 5.11 Å². The first-order chi connectivity index (χ1) is 9.69. The van der Waals surface area contributed by atoms with Gasteiger partial charge in [0, 0.05) is 12.2 Å². The Bertz CT molecular complexity index is 416. The summed E-state index contributed by atoms with van der Waals surface area (Å²) in [7, 11) is 1.67. The Hall–Kier alpha value is -1.26. The summed E-state index contributed by atoms with van der Waals surface area (Å²) in [5, 5.41) is 13.2. The van der Waals surface area contributed by atoms with Crippen molar-refractivity contribution in [3.05, 3.63) is 23.8 Å². The summed E-state index contributed by atoms with van der Waals surface area (Å²) in [5.41, 5.74) is 2.07. The summed E-state index contributed by atoms with van der Waals surface area (Å²) < 4.78 is 10.9. The minimum absolute atomic E-state index is 0.355. The molecular weight excluding hydrogens is 254 g/mol. The highest BCUT2D eigenvalue weighted by atomic mass is 16.5. The Balaban J connectivity index is 1.72. The van der Waals surface area contributed by atoms with Crippen LogP contribution in [0.15, 0.2) is 18.2 Å². The minimum atomic E-state index is -0.474. The fourth-order valence-corrected chi connectivity index (χ4v) is 2.59. The van der Waals surface area contributed by atoms with E-state index in [4.69, 9.17) is 9.47 Å². The smallest absolute Gasteiger partial charge is 0.121 e. The monoisotopic (exact) mass is 279 g/mol. The molecule has 0 radical (unpaired) electrons. The van der Waals surface area contributed by atoms with E-state index in [0.29, 0.717) is 19.3 Å². The van der Waals surface area contributed by atoms with Crippen molar-refractivity contribution in [2.45, 2.75) is 44.8 Å². The van der Waals surface area contributed by atoms with Crippen LogP contribution >= 0.6 is 0 Å². The number of aryl methyl sites for hydroxylation is 1. The average Bonchev–Trinajstić information content (AvgIpc) is 2.96. The largest absolute Gasteiger partial charge is 0.496 e. The highest BCUT2D eigenvalue weighted by Gasteiger charge is 2.16. The van der Waals surface area contributed by atoms with Crippen molar-refractivity contribution >= 4 is 5.69 Å². The van der Waals surface area contributed by atoms with Crippen LogP contribution in [0, 0.1) is 6.92 Å². The van der Waals surface area contributed by atoms with Crippen LogP contribution in [0.4, 0.5) is 5.69 Å². The molecule has 1 fully saturated rings. The van der Waals surface area contributed by atoms with Crippen molar-refractivity contribution in [2.75, 3.05) is 25.6 Å². The summed E-state index contributed by atoms with van der Waals surface area (Å²) >= 11 is 0. The minimum Gasteiger partial charge on any atom is -0.496 e. The first-order valence-electron chi connectivity index (χ1n) is 7.37. The second-order valence-electron chi connectivity index (χ2n) is 5.46. The molecule has 20 heavy (non-hydrogen) atoms. The maximum atomic E-state index is 9.93. The summed E-state index contributed by atoms with van der Waals surface area (Å²) in [5.74, 6) is 0.876. The second kappa shape index (κ2) is 7.50. The number of anilines is 1. The number of aliphatic hydroxyl groups is 1. The highest BCUT2D eigenvalue weighted by molar-refractivity contribution is 5.50. The van der Waals surface area contributed by atoms with Crippen molar-refractivity contribution < 1.29 is 14.6 Å². The van der Waals surface area contributed by atoms with Crippen molar-refractivity contribution in [3.8, 4) is 5.75 Å². The maximum absolute atomic E-state index is 9.93. The van der Waals surface area contributed by atoms with Crippen LogP contribution in [0.5, 0.6) is 5.75 Å². The van der Waals surface area contributed by atoms with Crippen LogP contribution in [-0.2, 0) is 4.74 Å². The molecule has 0 aliphatic heterocycles. The lowest BCUT2D eigenvalue weighted by molar-refractivity contribution is -0.00117. The topological polar surface area (TPSA) is 50.7 Å². The molecule has 0 bridgehead atoms. The molecule has 0 amide bonds. The molecule has 1 aliphatic carbocycles. The first-order valence-corrected chi connectivity index (χ1v) is 7.37. The van der Waals surface area contributed by atoms with Gasteiger partial charge in [-0.2, -0.15) is 0 Å². The number of nitrogens with one attached hydrogen (secondary N) is 1. The van der Waals surface area contributed by atoms with Crippen LogP contribution < -0.4 is 10.1 Å². The Kier molecular flexibility index (Phi) is 5.68. The Morgan fingerprint density at radius 3 is 2.75 bits per heavy atom. The molecule has 1 saturated carbocycles. The van der Waals surface area contributed by atoms with Gasteiger partial charge in [0.15, 0.2) is 0 Å². The van der Waals surface area contributed by atoms with Gasteiger partial charge < -0.3 is 19.9 Å². The van der Waals surface area contributed by atoms with E-state index in [1.165, 1.54) is 12.8 Å². The van der Waals surface area contributed by atoms with Gasteiger partial charge in [-0.15, -0.1) is 0 Å². The standard InChI is InChI=1S/C16H25NO3/c1-12-9-13(7-8-16(12)19-2)17-10-14(18)11-20-15-5-3-4-6-15/h7-9,14-15,17-18H,3-6,10-11H2,1-2H3. The first kappa shape index (κ1) is 15.1. The quantitative estimate of drug-likeness (QED) is 0.806. The zero-order chi connectivity index (χ0) is 14.4. The van der Waals surface area contributed by atoms with Crippen molar-refractivity contribution in [2.24, 2.45) is 0 Å². The summed E-state index contributed by atoms with van der Waals surface area (Å²) in [6.45, 7) is 2.91. The molecule has 1 aromatic rings. The number of rotatable bonds is 7. The Morgan fingerprint density at radius 2 is 2.10 bits per heavy atom. The van der Waals surface area contributed by atoms with Gasteiger partial charge in [0.25, 0.3) is 0 Å². The third kappa shape index (κ3) is 4.39.